The van der Waals surface area contributed by atoms with E-state index >= 15 is 0 Å². The smallest absolute Gasteiger partial charge is 0.254 e. The maximum atomic E-state index is 13.7. The molecule has 102 valence electrons. The van der Waals surface area contributed by atoms with Crippen molar-refractivity contribution in [2.75, 3.05) is 0 Å². The minimum atomic E-state index is -0.468. The van der Waals surface area contributed by atoms with Crippen LogP contribution in [0, 0.1) is 12.7 Å². The van der Waals surface area contributed by atoms with E-state index in [0.717, 1.165) is 12.0 Å². The quantitative estimate of drug-likeness (QED) is 0.909. The Morgan fingerprint density at radius 3 is 2.70 bits per heavy atom. The van der Waals surface area contributed by atoms with E-state index in [4.69, 9.17) is 0 Å². The van der Waals surface area contributed by atoms with Crippen molar-refractivity contribution in [3.05, 3.63) is 71.0 Å². The number of halogens is 1. The first-order chi connectivity index (χ1) is 9.65. The topological polar surface area (TPSA) is 29.1 Å². The molecule has 2 atom stereocenters. The van der Waals surface area contributed by atoms with Crippen molar-refractivity contribution in [1.29, 1.82) is 0 Å². The van der Waals surface area contributed by atoms with Gasteiger partial charge in [-0.25, -0.2) is 4.39 Å². The third-order valence-electron chi connectivity index (χ3n) is 3.70. The molecule has 20 heavy (non-hydrogen) atoms. The van der Waals surface area contributed by atoms with Gasteiger partial charge in [0, 0.05) is 12.0 Å². The van der Waals surface area contributed by atoms with Gasteiger partial charge in [-0.15, -0.1) is 0 Å². The summed E-state index contributed by atoms with van der Waals surface area (Å²) in [4.78, 5) is 12.1. The van der Waals surface area contributed by atoms with Crippen molar-refractivity contribution in [3.63, 3.8) is 0 Å². The molecule has 0 aliphatic heterocycles. The molecule has 1 N–H and O–H groups in total. The van der Waals surface area contributed by atoms with Crippen molar-refractivity contribution in [2.24, 2.45) is 0 Å². The highest BCUT2D eigenvalue weighted by Gasteiger charge is 2.39. The standard InChI is InChI=1S/C17H16FNO/c1-11-7-8-15(18)14(9-11)17(20)19-16-10-13(16)12-5-3-2-4-6-12/h2-9,13,16H,10H2,1H3,(H,19,20). The number of amides is 1. The lowest BCUT2D eigenvalue weighted by Gasteiger charge is -2.07. The van der Waals surface area contributed by atoms with Gasteiger partial charge in [-0.05, 0) is 31.0 Å². The van der Waals surface area contributed by atoms with E-state index in [1.165, 1.54) is 11.6 Å². The van der Waals surface area contributed by atoms with Crippen LogP contribution in [0.25, 0.3) is 0 Å². The van der Waals surface area contributed by atoms with Crippen LogP contribution in [-0.2, 0) is 0 Å². The van der Waals surface area contributed by atoms with Gasteiger partial charge in [0.15, 0.2) is 0 Å². The molecular weight excluding hydrogens is 253 g/mol. The fraction of sp³-hybridized carbons (Fsp3) is 0.235. The Balaban J connectivity index is 1.68. The Morgan fingerprint density at radius 1 is 1.20 bits per heavy atom. The van der Waals surface area contributed by atoms with Gasteiger partial charge in [0.2, 0.25) is 0 Å². The minimum absolute atomic E-state index is 0.116. The number of hydrogen-bond donors (Lipinski definition) is 1. The van der Waals surface area contributed by atoms with Gasteiger partial charge in [0.05, 0.1) is 5.56 Å². The maximum absolute atomic E-state index is 13.7. The van der Waals surface area contributed by atoms with Crippen LogP contribution in [-0.4, -0.2) is 11.9 Å². The molecule has 2 aromatic carbocycles. The van der Waals surface area contributed by atoms with Crippen molar-refractivity contribution in [3.8, 4) is 0 Å². The highest BCUT2D eigenvalue weighted by molar-refractivity contribution is 5.95. The van der Waals surface area contributed by atoms with Crippen LogP contribution in [0.2, 0.25) is 0 Å². The van der Waals surface area contributed by atoms with Gasteiger partial charge in [-0.3, -0.25) is 4.79 Å². The Labute approximate surface area is 117 Å². The average molecular weight is 269 g/mol. The molecule has 2 unspecified atom stereocenters. The minimum Gasteiger partial charge on any atom is -0.349 e. The monoisotopic (exact) mass is 269 g/mol. The lowest BCUT2D eigenvalue weighted by atomic mass is 10.1. The lowest BCUT2D eigenvalue weighted by molar-refractivity contribution is 0.0946. The Bertz CT molecular complexity index is 639. The second-order valence-corrected chi connectivity index (χ2v) is 5.32. The summed E-state index contributed by atoms with van der Waals surface area (Å²) in [6.45, 7) is 1.85. The van der Waals surface area contributed by atoms with Crippen molar-refractivity contribution < 1.29 is 9.18 Å². The summed E-state index contributed by atoms with van der Waals surface area (Å²) in [5, 5.41) is 2.91. The van der Waals surface area contributed by atoms with Crippen LogP contribution in [0.15, 0.2) is 48.5 Å². The molecule has 0 saturated heterocycles. The summed E-state index contributed by atoms with van der Waals surface area (Å²) in [7, 11) is 0. The molecule has 2 aromatic rings. The zero-order valence-electron chi connectivity index (χ0n) is 11.3. The van der Waals surface area contributed by atoms with E-state index in [2.05, 4.69) is 17.4 Å². The van der Waals surface area contributed by atoms with E-state index in [0.29, 0.717) is 5.92 Å². The van der Waals surface area contributed by atoms with Crippen molar-refractivity contribution in [2.45, 2.75) is 25.3 Å². The van der Waals surface area contributed by atoms with Crippen molar-refractivity contribution in [1.82, 2.24) is 5.32 Å². The summed E-state index contributed by atoms with van der Waals surface area (Å²) in [6.07, 6.45) is 0.920. The van der Waals surface area contributed by atoms with Crippen LogP contribution in [0.4, 0.5) is 4.39 Å². The van der Waals surface area contributed by atoms with Crippen LogP contribution < -0.4 is 5.32 Å². The van der Waals surface area contributed by atoms with Crippen LogP contribution >= 0.6 is 0 Å². The molecule has 1 fully saturated rings. The zero-order valence-corrected chi connectivity index (χ0v) is 11.3. The molecular formula is C17H16FNO. The number of hydrogen-bond acceptors (Lipinski definition) is 1. The molecule has 3 rings (SSSR count). The number of nitrogens with one attached hydrogen (secondary N) is 1. The fourth-order valence-corrected chi connectivity index (χ4v) is 2.48. The molecule has 1 aliphatic carbocycles. The number of benzene rings is 2. The highest BCUT2D eigenvalue weighted by atomic mass is 19.1. The van der Waals surface area contributed by atoms with Gasteiger partial charge in [-0.1, -0.05) is 42.0 Å². The Hall–Kier alpha value is -2.16. The SMILES string of the molecule is Cc1ccc(F)c(C(=O)NC2CC2c2ccccc2)c1. The summed E-state index contributed by atoms with van der Waals surface area (Å²) in [6, 6.07) is 14.8. The first kappa shape index (κ1) is 12.9. The third-order valence-corrected chi connectivity index (χ3v) is 3.70. The summed E-state index contributed by atoms with van der Waals surface area (Å²) >= 11 is 0. The number of carbonyl (C=O) groups is 1. The second kappa shape index (κ2) is 5.08. The molecule has 2 nitrogen and oxygen atoms in total. The number of rotatable bonds is 3. The van der Waals surface area contributed by atoms with Crippen LogP contribution in [0.5, 0.6) is 0 Å². The Morgan fingerprint density at radius 2 is 1.95 bits per heavy atom. The van der Waals surface area contributed by atoms with Gasteiger partial charge in [-0.2, -0.15) is 0 Å². The molecule has 0 bridgehead atoms. The van der Waals surface area contributed by atoms with E-state index in [-0.39, 0.29) is 17.5 Å². The highest BCUT2D eigenvalue weighted by Crippen LogP contribution is 2.40. The lowest BCUT2D eigenvalue weighted by Crippen LogP contribution is -2.27. The molecule has 1 aliphatic rings. The third kappa shape index (κ3) is 2.57. The average Bonchev–Trinajstić information content (AvgIpc) is 3.21. The Kier molecular flexibility index (Phi) is 3.26. The fourth-order valence-electron chi connectivity index (χ4n) is 2.48. The molecule has 0 spiro atoms. The van der Waals surface area contributed by atoms with Gasteiger partial charge in [0.1, 0.15) is 5.82 Å². The van der Waals surface area contributed by atoms with E-state index in [9.17, 15) is 9.18 Å². The normalized spacial score (nSPS) is 20.5. The summed E-state index contributed by atoms with van der Waals surface area (Å²) in [5.74, 6) is -0.437. The van der Waals surface area contributed by atoms with Gasteiger partial charge < -0.3 is 5.32 Å². The molecule has 0 aromatic heterocycles. The predicted molar refractivity (Wildman–Crippen MR) is 76.2 cm³/mol. The molecule has 1 saturated carbocycles. The van der Waals surface area contributed by atoms with Crippen LogP contribution in [0.3, 0.4) is 0 Å². The largest absolute Gasteiger partial charge is 0.349 e. The molecule has 0 radical (unpaired) electrons. The summed E-state index contributed by atoms with van der Waals surface area (Å²) < 4.78 is 13.7. The molecule has 1 amide bonds. The maximum Gasteiger partial charge on any atom is 0.254 e. The zero-order chi connectivity index (χ0) is 14.1. The van der Waals surface area contributed by atoms with E-state index < -0.39 is 5.82 Å². The van der Waals surface area contributed by atoms with Crippen LogP contribution in [0.1, 0.15) is 33.8 Å². The van der Waals surface area contributed by atoms with E-state index in [1.54, 1.807) is 12.1 Å². The van der Waals surface area contributed by atoms with Gasteiger partial charge in [0.25, 0.3) is 5.91 Å². The summed E-state index contributed by atoms with van der Waals surface area (Å²) in [5.41, 5.74) is 2.23. The molecule has 0 heterocycles. The van der Waals surface area contributed by atoms with Crippen molar-refractivity contribution >= 4 is 5.91 Å². The second-order valence-electron chi connectivity index (χ2n) is 5.32. The number of aryl methyl sites for hydroxylation is 1. The first-order valence-electron chi connectivity index (χ1n) is 6.77. The predicted octanol–water partition coefficient (Wildman–Crippen LogP) is 3.42. The first-order valence-corrected chi connectivity index (χ1v) is 6.77. The van der Waals surface area contributed by atoms with E-state index in [1.807, 2.05) is 25.1 Å². The van der Waals surface area contributed by atoms with Gasteiger partial charge >= 0.3 is 0 Å². The molecule has 3 heteroatoms. The number of carbonyl (C=O) groups excluding carboxylic acids is 1.